The molecule has 0 aliphatic carbocycles. The summed E-state index contributed by atoms with van der Waals surface area (Å²) in [6, 6.07) is 20.9. The van der Waals surface area contributed by atoms with E-state index in [1.807, 2.05) is 47.8 Å². The summed E-state index contributed by atoms with van der Waals surface area (Å²) in [5.74, 6) is -0.756. The van der Waals surface area contributed by atoms with Gasteiger partial charge in [-0.15, -0.1) is 11.3 Å². The first-order chi connectivity index (χ1) is 12.7. The molecule has 4 aromatic rings. The van der Waals surface area contributed by atoms with Crippen LogP contribution in [0.5, 0.6) is 0 Å². The molecule has 1 amide bonds. The van der Waals surface area contributed by atoms with Crippen LogP contribution >= 0.6 is 11.3 Å². The van der Waals surface area contributed by atoms with E-state index in [1.54, 1.807) is 34.2 Å². The van der Waals surface area contributed by atoms with Gasteiger partial charge in [-0.3, -0.25) is 4.79 Å². The van der Waals surface area contributed by atoms with Crippen LogP contribution in [0.25, 0.3) is 16.3 Å². The molecule has 4 rings (SSSR count). The lowest BCUT2D eigenvalue weighted by atomic mass is 10.2. The van der Waals surface area contributed by atoms with E-state index in [-0.39, 0.29) is 5.91 Å². The van der Waals surface area contributed by atoms with Gasteiger partial charge in [0.15, 0.2) is 0 Å². The number of benzene rings is 2. The number of carbonyl (C=O) groups is 1. The van der Waals surface area contributed by atoms with Crippen molar-refractivity contribution in [3.05, 3.63) is 89.7 Å². The van der Waals surface area contributed by atoms with E-state index >= 15 is 0 Å². The summed E-state index contributed by atoms with van der Waals surface area (Å²) in [6.07, 6.45) is 0. The number of thiophene rings is 1. The average Bonchev–Trinajstić information content (AvgIpc) is 3.32. The number of anilines is 1. The first-order valence-electron chi connectivity index (χ1n) is 7.97. The van der Waals surface area contributed by atoms with Crippen molar-refractivity contribution in [2.24, 2.45) is 0 Å². The topological polar surface area (TPSA) is 46.9 Å². The van der Waals surface area contributed by atoms with Gasteiger partial charge in [0.25, 0.3) is 5.91 Å². The molecule has 26 heavy (non-hydrogen) atoms. The molecule has 0 spiro atoms. The zero-order chi connectivity index (χ0) is 17.9. The van der Waals surface area contributed by atoms with E-state index in [0.29, 0.717) is 17.1 Å². The molecule has 0 aliphatic rings. The number of halogens is 1. The minimum atomic E-state index is -0.404. The van der Waals surface area contributed by atoms with Crippen molar-refractivity contribution in [2.45, 2.75) is 0 Å². The average molecular weight is 363 g/mol. The van der Waals surface area contributed by atoms with Crippen LogP contribution in [0.4, 0.5) is 10.1 Å². The lowest BCUT2D eigenvalue weighted by molar-refractivity contribution is 0.101. The van der Waals surface area contributed by atoms with Gasteiger partial charge >= 0.3 is 0 Å². The van der Waals surface area contributed by atoms with Gasteiger partial charge < -0.3 is 5.32 Å². The third-order valence-electron chi connectivity index (χ3n) is 3.80. The minimum Gasteiger partial charge on any atom is -0.321 e. The van der Waals surface area contributed by atoms with Gasteiger partial charge in [0, 0.05) is 5.69 Å². The van der Waals surface area contributed by atoms with Gasteiger partial charge in [0.2, 0.25) is 0 Å². The Labute approximate surface area is 153 Å². The normalized spacial score (nSPS) is 10.7. The number of carbonyl (C=O) groups excluding carboxylic acids is 1. The van der Waals surface area contributed by atoms with Gasteiger partial charge in [0.05, 0.1) is 10.6 Å². The first kappa shape index (κ1) is 16.2. The summed E-state index contributed by atoms with van der Waals surface area (Å²) in [7, 11) is 0. The number of aromatic nitrogens is 2. The molecule has 0 fully saturated rings. The fourth-order valence-corrected chi connectivity index (χ4v) is 3.30. The monoisotopic (exact) mass is 363 g/mol. The maximum atomic E-state index is 13.4. The van der Waals surface area contributed by atoms with E-state index in [1.165, 1.54) is 12.1 Å². The van der Waals surface area contributed by atoms with Crippen LogP contribution < -0.4 is 5.32 Å². The summed E-state index contributed by atoms with van der Waals surface area (Å²) < 4.78 is 15.0. The van der Waals surface area contributed by atoms with Crippen LogP contribution in [0, 0.1) is 5.82 Å². The molecular formula is C20H14FN3OS. The van der Waals surface area contributed by atoms with E-state index in [9.17, 15) is 9.18 Å². The van der Waals surface area contributed by atoms with Gasteiger partial charge in [-0.2, -0.15) is 5.10 Å². The van der Waals surface area contributed by atoms with E-state index < -0.39 is 5.82 Å². The Bertz CT molecular complexity index is 1040. The molecule has 0 atom stereocenters. The van der Waals surface area contributed by atoms with Gasteiger partial charge in [0.1, 0.15) is 17.2 Å². The summed E-state index contributed by atoms with van der Waals surface area (Å²) in [5.41, 5.74) is 2.27. The molecule has 2 aromatic carbocycles. The van der Waals surface area contributed by atoms with Crippen LogP contribution in [0.2, 0.25) is 0 Å². The molecule has 0 saturated heterocycles. The van der Waals surface area contributed by atoms with E-state index in [2.05, 4.69) is 10.4 Å². The number of hydrogen-bond acceptors (Lipinski definition) is 3. The summed E-state index contributed by atoms with van der Waals surface area (Å²) in [6.45, 7) is 0. The Morgan fingerprint density at radius 2 is 1.85 bits per heavy atom. The zero-order valence-corrected chi connectivity index (χ0v) is 14.4. The maximum Gasteiger partial charge on any atom is 0.274 e. The second-order valence-electron chi connectivity index (χ2n) is 5.60. The molecule has 0 radical (unpaired) electrons. The third kappa shape index (κ3) is 3.27. The molecule has 0 aliphatic heterocycles. The SMILES string of the molecule is O=C(Nc1cccc(F)c1)c1cc(-c2cccs2)nn1-c1ccccc1. The third-order valence-corrected chi connectivity index (χ3v) is 4.69. The highest BCUT2D eigenvalue weighted by Gasteiger charge is 2.18. The van der Waals surface area contributed by atoms with Crippen molar-refractivity contribution in [1.82, 2.24) is 9.78 Å². The number of rotatable bonds is 4. The van der Waals surface area contributed by atoms with Gasteiger partial charge in [-0.25, -0.2) is 9.07 Å². The first-order valence-corrected chi connectivity index (χ1v) is 8.85. The molecule has 0 saturated carbocycles. The molecule has 2 aromatic heterocycles. The second-order valence-corrected chi connectivity index (χ2v) is 6.55. The maximum absolute atomic E-state index is 13.4. The highest BCUT2D eigenvalue weighted by atomic mass is 32.1. The number of nitrogens with one attached hydrogen (secondary N) is 1. The largest absolute Gasteiger partial charge is 0.321 e. The summed E-state index contributed by atoms with van der Waals surface area (Å²) in [4.78, 5) is 13.8. The lowest BCUT2D eigenvalue weighted by Gasteiger charge is -2.08. The van der Waals surface area contributed by atoms with Crippen molar-refractivity contribution in [3.63, 3.8) is 0 Å². The molecule has 2 heterocycles. The molecule has 4 nitrogen and oxygen atoms in total. The summed E-state index contributed by atoms with van der Waals surface area (Å²) in [5, 5.41) is 9.29. The van der Waals surface area contributed by atoms with E-state index in [4.69, 9.17) is 0 Å². The van der Waals surface area contributed by atoms with Gasteiger partial charge in [-0.1, -0.05) is 30.3 Å². The Balaban J connectivity index is 1.75. The standard InChI is InChI=1S/C20H14FN3OS/c21-14-6-4-7-15(12-14)22-20(25)18-13-17(19-10-5-11-26-19)23-24(18)16-8-2-1-3-9-16/h1-13H,(H,22,25). The predicted molar refractivity (Wildman–Crippen MR) is 101 cm³/mol. The van der Waals surface area contributed by atoms with Crippen LogP contribution in [0.1, 0.15) is 10.5 Å². The Morgan fingerprint density at radius 3 is 2.58 bits per heavy atom. The Hall–Kier alpha value is -3.25. The highest BCUT2D eigenvalue weighted by Crippen LogP contribution is 2.26. The lowest BCUT2D eigenvalue weighted by Crippen LogP contribution is -2.17. The fraction of sp³-hybridized carbons (Fsp3) is 0. The van der Waals surface area contributed by atoms with E-state index in [0.717, 1.165) is 10.6 Å². The van der Waals surface area contributed by atoms with Crippen molar-refractivity contribution in [1.29, 1.82) is 0 Å². The van der Waals surface area contributed by atoms with Gasteiger partial charge in [-0.05, 0) is 47.8 Å². The number of nitrogens with zero attached hydrogens (tertiary/aromatic N) is 2. The van der Waals surface area contributed by atoms with Crippen molar-refractivity contribution in [3.8, 4) is 16.3 Å². The quantitative estimate of drug-likeness (QED) is 0.555. The number of para-hydroxylation sites is 1. The summed E-state index contributed by atoms with van der Waals surface area (Å²) >= 11 is 1.55. The fourth-order valence-electron chi connectivity index (χ4n) is 2.61. The van der Waals surface area contributed by atoms with Crippen LogP contribution in [0.3, 0.4) is 0 Å². The molecule has 0 unspecified atom stereocenters. The van der Waals surface area contributed by atoms with Crippen LogP contribution in [-0.2, 0) is 0 Å². The molecule has 6 heteroatoms. The molecule has 0 bridgehead atoms. The van der Waals surface area contributed by atoms with Crippen molar-refractivity contribution in [2.75, 3.05) is 5.32 Å². The van der Waals surface area contributed by atoms with Crippen LogP contribution in [-0.4, -0.2) is 15.7 Å². The number of amides is 1. The zero-order valence-electron chi connectivity index (χ0n) is 13.6. The predicted octanol–water partition coefficient (Wildman–Crippen LogP) is 4.99. The molecule has 1 N–H and O–H groups in total. The highest BCUT2D eigenvalue weighted by molar-refractivity contribution is 7.13. The number of hydrogen-bond donors (Lipinski definition) is 1. The Kier molecular flexibility index (Phi) is 4.33. The smallest absolute Gasteiger partial charge is 0.274 e. The van der Waals surface area contributed by atoms with Crippen LogP contribution in [0.15, 0.2) is 78.2 Å². The molecule has 128 valence electrons. The van der Waals surface area contributed by atoms with Crippen molar-refractivity contribution < 1.29 is 9.18 Å². The minimum absolute atomic E-state index is 0.352. The Morgan fingerprint density at radius 1 is 1.00 bits per heavy atom. The molecular weight excluding hydrogens is 349 g/mol. The van der Waals surface area contributed by atoms with Crippen molar-refractivity contribution >= 4 is 22.9 Å². The second kappa shape index (κ2) is 6.93.